The second-order valence-electron chi connectivity index (χ2n) is 31.9. The Balaban J connectivity index is 3.89. The van der Waals surface area contributed by atoms with Gasteiger partial charge in [-0.15, -0.1) is 0 Å². The number of allylic oxidation sites excluding steroid dienone is 4. The molecule has 9 heteroatoms. The first-order valence-corrected chi connectivity index (χ1v) is 44.5. The topological polar surface area (TPSA) is 111 Å². The minimum Gasteiger partial charge on any atom is -0.545 e. The summed E-state index contributed by atoms with van der Waals surface area (Å²) in [6.07, 6.45) is 102. The Labute approximate surface area is 618 Å². The first kappa shape index (κ1) is 96.8. The molecule has 0 aromatic carbocycles. The maximum atomic E-state index is 13.0. The number of aliphatic carboxylic acids is 1. The van der Waals surface area contributed by atoms with Gasteiger partial charge in [0.05, 0.1) is 40.3 Å². The number of carbonyl (C=O) groups is 3. The van der Waals surface area contributed by atoms with Crippen molar-refractivity contribution in [3.8, 4) is 0 Å². The average Bonchev–Trinajstić information content (AvgIpc) is 1.16. The number of carbonyl (C=O) groups excluding carboxylic acids is 3. The molecule has 0 aliphatic rings. The quantitative estimate of drug-likeness (QED) is 0.0195. The first-order chi connectivity index (χ1) is 48.6. The first-order valence-electron chi connectivity index (χ1n) is 44.5. The standard InChI is InChI=1S/C90H173NO8/c1-6-8-10-12-14-16-18-20-22-24-26-28-30-32-34-36-38-40-42-43-44-45-47-48-50-52-54-56-58-60-62-64-66-68-70-72-74-76-78-80-87(92)97-84-86(85-98-90(89(94)95)96-83-82-91(3,4)5)99-88(93)81-79-77-75-73-71-69-67-65-63-61-59-57-55-53-51-49-46-41-39-37-35-33-31-29-27-25-23-21-19-17-15-13-11-9-7-2/h19,21,25,27,86,90H,6-18,20,22-24,26,28-85H2,1-5H3/b21-19-,27-25-. The van der Waals surface area contributed by atoms with Crippen LogP contribution in [0.15, 0.2) is 24.3 Å². The van der Waals surface area contributed by atoms with Gasteiger partial charge in [-0.3, -0.25) is 9.59 Å². The third-order valence-electron chi connectivity index (χ3n) is 20.7. The normalized spacial score (nSPS) is 12.6. The second-order valence-corrected chi connectivity index (χ2v) is 31.9. The molecule has 0 aromatic heterocycles. The largest absolute Gasteiger partial charge is 0.545 e. The summed E-state index contributed by atoms with van der Waals surface area (Å²) in [6, 6.07) is 0. The molecule has 0 radical (unpaired) electrons. The molecule has 0 bridgehead atoms. The van der Waals surface area contributed by atoms with Crippen molar-refractivity contribution in [2.75, 3.05) is 47.5 Å². The minimum atomic E-state index is -1.62. The van der Waals surface area contributed by atoms with Crippen molar-refractivity contribution in [1.29, 1.82) is 0 Å². The van der Waals surface area contributed by atoms with Crippen LogP contribution < -0.4 is 5.11 Å². The number of unbranched alkanes of at least 4 members (excludes halogenated alkanes) is 66. The number of hydrogen-bond acceptors (Lipinski definition) is 8. The maximum absolute atomic E-state index is 13.0. The van der Waals surface area contributed by atoms with Gasteiger partial charge in [-0.1, -0.05) is 443 Å². The molecule has 0 N–H and O–H groups in total. The highest BCUT2D eigenvalue weighted by Gasteiger charge is 2.22. The average molecular weight is 1400 g/mol. The molecular weight excluding hydrogens is 1220 g/mol. The van der Waals surface area contributed by atoms with E-state index in [0.717, 1.165) is 44.9 Å². The van der Waals surface area contributed by atoms with Crippen LogP contribution >= 0.6 is 0 Å². The predicted octanol–water partition coefficient (Wildman–Crippen LogP) is 27.5. The van der Waals surface area contributed by atoms with Gasteiger partial charge in [-0.2, -0.15) is 0 Å². The van der Waals surface area contributed by atoms with Gasteiger partial charge in [-0.05, 0) is 44.9 Å². The lowest BCUT2D eigenvalue weighted by Gasteiger charge is -2.26. The summed E-state index contributed by atoms with van der Waals surface area (Å²) >= 11 is 0. The van der Waals surface area contributed by atoms with Crippen LogP contribution in [-0.4, -0.2) is 82.3 Å². The molecule has 2 atom stereocenters. The molecule has 99 heavy (non-hydrogen) atoms. The Morgan fingerprint density at radius 3 is 0.798 bits per heavy atom. The van der Waals surface area contributed by atoms with E-state index in [-0.39, 0.29) is 32.2 Å². The highest BCUT2D eigenvalue weighted by atomic mass is 16.7. The molecule has 9 nitrogen and oxygen atoms in total. The van der Waals surface area contributed by atoms with Gasteiger partial charge in [0.1, 0.15) is 13.2 Å². The Morgan fingerprint density at radius 2 is 0.545 bits per heavy atom. The lowest BCUT2D eigenvalue weighted by Crippen LogP contribution is -2.44. The van der Waals surface area contributed by atoms with E-state index in [1.807, 2.05) is 21.1 Å². The zero-order valence-electron chi connectivity index (χ0n) is 67.4. The van der Waals surface area contributed by atoms with Gasteiger partial charge in [0.2, 0.25) is 0 Å². The van der Waals surface area contributed by atoms with Gasteiger partial charge in [0.15, 0.2) is 12.4 Å². The number of hydrogen-bond donors (Lipinski definition) is 0. The summed E-state index contributed by atoms with van der Waals surface area (Å²) in [6.45, 7) is 4.84. The minimum absolute atomic E-state index is 0.152. The van der Waals surface area contributed by atoms with Crippen molar-refractivity contribution >= 4 is 17.9 Å². The van der Waals surface area contributed by atoms with E-state index in [1.54, 1.807) is 0 Å². The highest BCUT2D eigenvalue weighted by molar-refractivity contribution is 5.70. The van der Waals surface area contributed by atoms with Gasteiger partial charge < -0.3 is 33.3 Å². The third-order valence-corrected chi connectivity index (χ3v) is 20.7. The van der Waals surface area contributed by atoms with Crippen LogP contribution in [0.2, 0.25) is 0 Å². The number of esters is 2. The van der Waals surface area contributed by atoms with Gasteiger partial charge in [0.25, 0.3) is 0 Å². The van der Waals surface area contributed by atoms with E-state index in [1.165, 1.54) is 405 Å². The Morgan fingerprint density at radius 1 is 0.303 bits per heavy atom. The molecule has 0 amide bonds. The van der Waals surface area contributed by atoms with Crippen molar-refractivity contribution in [3.05, 3.63) is 24.3 Å². The molecule has 0 spiro atoms. The number of carboxylic acids is 1. The molecule has 0 rings (SSSR count). The van der Waals surface area contributed by atoms with Crippen LogP contribution in [-0.2, 0) is 33.3 Å². The summed E-state index contributed by atoms with van der Waals surface area (Å²) in [5, 5.41) is 11.9. The number of rotatable bonds is 85. The zero-order chi connectivity index (χ0) is 71.8. The summed E-state index contributed by atoms with van der Waals surface area (Å²) < 4.78 is 22.9. The van der Waals surface area contributed by atoms with Crippen molar-refractivity contribution < 1.29 is 42.9 Å². The lowest BCUT2D eigenvalue weighted by atomic mass is 10.0. The fourth-order valence-electron chi connectivity index (χ4n) is 13.9. The molecule has 586 valence electrons. The SMILES string of the molecule is CCCCCCC/C=C\C/C=C\CCCCCCCCCCCCCCCCCCCCCCCCCC(=O)OC(COC(=O)CCCCCCCCCCCCCCCCCCCCCCCCCCCCCCCCCCCCCCCCC)COC(OCC[N+](C)(C)C)C(=O)[O-]. The van der Waals surface area contributed by atoms with E-state index in [2.05, 4.69) is 38.2 Å². The van der Waals surface area contributed by atoms with Gasteiger partial charge in [-0.25, -0.2) is 0 Å². The van der Waals surface area contributed by atoms with Crippen molar-refractivity contribution in [1.82, 2.24) is 0 Å². The van der Waals surface area contributed by atoms with Gasteiger partial charge in [0, 0.05) is 12.8 Å². The Bertz CT molecular complexity index is 1680. The number of likely N-dealkylation sites (N-methyl/N-ethyl adjacent to an activating group) is 1. The fourth-order valence-corrected chi connectivity index (χ4v) is 13.9. The van der Waals surface area contributed by atoms with E-state index in [0.29, 0.717) is 17.4 Å². The third kappa shape index (κ3) is 82.9. The lowest BCUT2D eigenvalue weighted by molar-refractivity contribution is -0.870. The Hall–Kier alpha value is -2.23. The molecule has 0 aliphatic carbocycles. The van der Waals surface area contributed by atoms with Gasteiger partial charge >= 0.3 is 11.9 Å². The maximum Gasteiger partial charge on any atom is 0.306 e. The summed E-state index contributed by atoms with van der Waals surface area (Å²) in [7, 11) is 5.96. The molecular formula is C90H173NO8. The van der Waals surface area contributed by atoms with E-state index in [9.17, 15) is 19.5 Å². The van der Waals surface area contributed by atoms with Crippen LogP contribution in [0.4, 0.5) is 0 Å². The molecule has 2 unspecified atom stereocenters. The van der Waals surface area contributed by atoms with Crippen LogP contribution in [0.3, 0.4) is 0 Å². The van der Waals surface area contributed by atoms with Crippen molar-refractivity contribution in [2.45, 2.75) is 489 Å². The predicted molar refractivity (Wildman–Crippen MR) is 426 cm³/mol. The fraction of sp³-hybridized carbons (Fsp3) is 0.922. The summed E-state index contributed by atoms with van der Waals surface area (Å²) in [5.41, 5.74) is 0. The van der Waals surface area contributed by atoms with Crippen molar-refractivity contribution in [2.24, 2.45) is 0 Å². The van der Waals surface area contributed by atoms with Crippen LogP contribution in [0.1, 0.15) is 476 Å². The Kier molecular flexibility index (Phi) is 79.6. The summed E-state index contributed by atoms with van der Waals surface area (Å²) in [4.78, 5) is 37.7. The van der Waals surface area contributed by atoms with Crippen LogP contribution in [0.5, 0.6) is 0 Å². The van der Waals surface area contributed by atoms with Crippen LogP contribution in [0, 0.1) is 0 Å². The molecule has 0 aliphatic heterocycles. The molecule has 0 aromatic rings. The molecule has 0 saturated heterocycles. The van der Waals surface area contributed by atoms with E-state index in [4.69, 9.17) is 18.9 Å². The zero-order valence-corrected chi connectivity index (χ0v) is 67.4. The number of carboxylic acid groups (broad SMARTS) is 1. The molecule has 0 heterocycles. The molecule has 0 saturated carbocycles. The number of ether oxygens (including phenoxy) is 4. The van der Waals surface area contributed by atoms with E-state index < -0.39 is 24.3 Å². The second kappa shape index (κ2) is 81.4. The molecule has 0 fully saturated rings. The van der Waals surface area contributed by atoms with E-state index >= 15 is 0 Å². The summed E-state index contributed by atoms with van der Waals surface area (Å²) in [5.74, 6) is -2.24. The van der Waals surface area contributed by atoms with Crippen LogP contribution in [0.25, 0.3) is 0 Å². The van der Waals surface area contributed by atoms with Crippen molar-refractivity contribution in [3.63, 3.8) is 0 Å². The number of nitrogens with zero attached hydrogens (tertiary/aromatic N) is 1. The highest BCUT2D eigenvalue weighted by Crippen LogP contribution is 2.21. The number of quaternary nitrogens is 1. The monoisotopic (exact) mass is 1400 g/mol. The smallest absolute Gasteiger partial charge is 0.306 e.